The average Bonchev–Trinajstić information content (AvgIpc) is 3.26. The Bertz CT molecular complexity index is 810. The minimum atomic E-state index is 0.0397. The van der Waals surface area contributed by atoms with Crippen molar-refractivity contribution in [2.45, 2.75) is 25.3 Å². The molecule has 3 aromatic rings. The third-order valence-corrected chi connectivity index (χ3v) is 3.99. The third kappa shape index (κ3) is 2.75. The van der Waals surface area contributed by atoms with Gasteiger partial charge in [0.25, 0.3) is 0 Å². The molecular formula is C17H15N3O3. The Morgan fingerprint density at radius 3 is 2.83 bits per heavy atom. The summed E-state index contributed by atoms with van der Waals surface area (Å²) in [6.45, 7) is 0.501. The second-order valence-electron chi connectivity index (χ2n) is 5.53. The first-order valence-corrected chi connectivity index (χ1v) is 7.48. The maximum atomic E-state index is 12.3. The molecular weight excluding hydrogens is 294 g/mol. The number of fused-ring (bicyclic) bond motifs is 1. The average molecular weight is 309 g/mol. The number of carbonyl (C=O) groups is 1. The van der Waals surface area contributed by atoms with Gasteiger partial charge in [-0.25, -0.2) is 9.97 Å². The molecule has 116 valence electrons. The molecule has 3 heterocycles. The molecule has 0 bridgehead atoms. The molecule has 0 radical (unpaired) electrons. The fourth-order valence-corrected chi connectivity index (χ4v) is 2.83. The highest BCUT2D eigenvalue weighted by atomic mass is 16.3. The van der Waals surface area contributed by atoms with E-state index in [4.69, 9.17) is 8.83 Å². The Morgan fingerprint density at radius 1 is 1.17 bits per heavy atom. The highest BCUT2D eigenvalue weighted by Crippen LogP contribution is 2.32. The van der Waals surface area contributed by atoms with E-state index in [1.54, 1.807) is 18.7 Å². The summed E-state index contributed by atoms with van der Waals surface area (Å²) in [5, 5.41) is 3.11. The van der Waals surface area contributed by atoms with E-state index < -0.39 is 0 Å². The second-order valence-corrected chi connectivity index (χ2v) is 5.53. The van der Waals surface area contributed by atoms with E-state index in [9.17, 15) is 4.79 Å². The summed E-state index contributed by atoms with van der Waals surface area (Å²) >= 11 is 0. The first-order valence-electron chi connectivity index (χ1n) is 7.48. The number of carbonyl (C=O) groups excluding carboxylic acids is 1. The molecule has 4 rings (SSSR count). The molecule has 1 atom stereocenters. The number of Topliss-reactive ketones (excluding diaryl/α,β-unsaturated/α-hetero) is 1. The lowest BCUT2D eigenvalue weighted by atomic mass is 9.85. The number of anilines is 1. The standard InChI is InChI=1S/C17H15N3O3/c21-15-8-11(16-4-2-6-23-16)7-14-13(15)10-19-17(20-14)18-9-12-3-1-5-22-12/h1-6,10-11H,7-9H2,(H,18,19,20)/t11-/m0/s1. The van der Waals surface area contributed by atoms with E-state index in [-0.39, 0.29) is 11.7 Å². The molecule has 23 heavy (non-hydrogen) atoms. The Labute approximate surface area is 132 Å². The SMILES string of the molecule is O=C1C[C@@H](c2ccco2)Cc2nc(NCc3ccco3)ncc21. The van der Waals surface area contributed by atoms with E-state index in [1.165, 1.54) is 0 Å². The van der Waals surface area contributed by atoms with Crippen molar-refractivity contribution in [2.75, 3.05) is 5.32 Å². The first-order chi connectivity index (χ1) is 11.3. The second kappa shape index (κ2) is 5.72. The highest BCUT2D eigenvalue weighted by Gasteiger charge is 2.29. The molecule has 0 amide bonds. The normalized spacial score (nSPS) is 17.0. The monoisotopic (exact) mass is 309 g/mol. The van der Waals surface area contributed by atoms with Gasteiger partial charge in [0.1, 0.15) is 11.5 Å². The van der Waals surface area contributed by atoms with E-state index in [1.807, 2.05) is 24.3 Å². The number of rotatable bonds is 4. The summed E-state index contributed by atoms with van der Waals surface area (Å²) in [5.41, 5.74) is 1.37. The highest BCUT2D eigenvalue weighted by molar-refractivity contribution is 5.98. The topological polar surface area (TPSA) is 81.2 Å². The maximum Gasteiger partial charge on any atom is 0.223 e. The molecule has 0 unspecified atom stereocenters. The summed E-state index contributed by atoms with van der Waals surface area (Å²) in [6.07, 6.45) is 5.96. The van der Waals surface area contributed by atoms with Gasteiger partial charge >= 0.3 is 0 Å². The zero-order chi connectivity index (χ0) is 15.6. The number of nitrogens with one attached hydrogen (secondary N) is 1. The van der Waals surface area contributed by atoms with E-state index in [0.29, 0.717) is 30.9 Å². The van der Waals surface area contributed by atoms with Gasteiger partial charge in [0.15, 0.2) is 5.78 Å². The molecule has 0 aliphatic heterocycles. The third-order valence-electron chi connectivity index (χ3n) is 3.99. The fraction of sp³-hybridized carbons (Fsp3) is 0.235. The van der Waals surface area contributed by atoms with Crippen LogP contribution in [0.4, 0.5) is 5.95 Å². The van der Waals surface area contributed by atoms with Gasteiger partial charge in [0, 0.05) is 25.0 Å². The van der Waals surface area contributed by atoms with Crippen LogP contribution in [0.2, 0.25) is 0 Å². The Hall–Kier alpha value is -2.89. The molecule has 1 aliphatic rings. The van der Waals surface area contributed by atoms with Crippen molar-refractivity contribution in [3.63, 3.8) is 0 Å². The molecule has 1 N–H and O–H groups in total. The largest absolute Gasteiger partial charge is 0.469 e. The maximum absolute atomic E-state index is 12.3. The van der Waals surface area contributed by atoms with Crippen LogP contribution in [0.15, 0.2) is 51.8 Å². The lowest BCUT2D eigenvalue weighted by Crippen LogP contribution is -2.21. The van der Waals surface area contributed by atoms with Crippen LogP contribution in [0.25, 0.3) is 0 Å². The van der Waals surface area contributed by atoms with Crippen LogP contribution in [0, 0.1) is 0 Å². The number of furan rings is 2. The van der Waals surface area contributed by atoms with Crippen molar-refractivity contribution < 1.29 is 13.6 Å². The quantitative estimate of drug-likeness (QED) is 0.797. The van der Waals surface area contributed by atoms with E-state index in [0.717, 1.165) is 17.2 Å². The number of ketones is 1. The van der Waals surface area contributed by atoms with Crippen LogP contribution in [0.5, 0.6) is 0 Å². The van der Waals surface area contributed by atoms with Crippen molar-refractivity contribution in [1.82, 2.24) is 9.97 Å². The summed E-state index contributed by atoms with van der Waals surface area (Å²) in [4.78, 5) is 21.0. The van der Waals surface area contributed by atoms with Gasteiger partial charge in [0.2, 0.25) is 5.95 Å². The first kappa shape index (κ1) is 13.8. The molecule has 1 aliphatic carbocycles. The Kier molecular flexibility index (Phi) is 3.42. The minimum Gasteiger partial charge on any atom is -0.469 e. The predicted octanol–water partition coefficient (Wildman–Crippen LogP) is 3.19. The summed E-state index contributed by atoms with van der Waals surface area (Å²) in [7, 11) is 0. The molecule has 3 aromatic heterocycles. The lowest BCUT2D eigenvalue weighted by Gasteiger charge is -2.21. The van der Waals surface area contributed by atoms with Crippen molar-refractivity contribution in [2.24, 2.45) is 0 Å². The minimum absolute atomic E-state index is 0.0397. The lowest BCUT2D eigenvalue weighted by molar-refractivity contribution is 0.0958. The number of hydrogen-bond acceptors (Lipinski definition) is 6. The van der Waals surface area contributed by atoms with Crippen LogP contribution in [0.3, 0.4) is 0 Å². The van der Waals surface area contributed by atoms with Crippen LogP contribution in [0.1, 0.15) is 39.9 Å². The van der Waals surface area contributed by atoms with Crippen LogP contribution in [-0.4, -0.2) is 15.8 Å². The molecule has 6 heteroatoms. The van der Waals surface area contributed by atoms with Gasteiger partial charge in [-0.1, -0.05) is 0 Å². The molecule has 6 nitrogen and oxygen atoms in total. The molecule has 0 saturated heterocycles. The number of hydrogen-bond donors (Lipinski definition) is 1. The summed E-state index contributed by atoms with van der Waals surface area (Å²) < 4.78 is 10.7. The zero-order valence-electron chi connectivity index (χ0n) is 12.4. The van der Waals surface area contributed by atoms with Gasteiger partial charge in [-0.15, -0.1) is 0 Å². The fourth-order valence-electron chi connectivity index (χ4n) is 2.83. The summed E-state index contributed by atoms with van der Waals surface area (Å²) in [6, 6.07) is 7.45. The van der Waals surface area contributed by atoms with Crippen LogP contribution < -0.4 is 5.32 Å². The smallest absolute Gasteiger partial charge is 0.223 e. The number of aromatic nitrogens is 2. The van der Waals surface area contributed by atoms with Crippen LogP contribution >= 0.6 is 0 Å². The van der Waals surface area contributed by atoms with E-state index in [2.05, 4.69) is 15.3 Å². The van der Waals surface area contributed by atoms with Crippen molar-refractivity contribution in [3.05, 3.63) is 65.8 Å². The van der Waals surface area contributed by atoms with E-state index >= 15 is 0 Å². The van der Waals surface area contributed by atoms with Crippen molar-refractivity contribution >= 4 is 11.7 Å². The molecule has 0 saturated carbocycles. The molecule has 0 spiro atoms. The summed E-state index contributed by atoms with van der Waals surface area (Å²) in [5.74, 6) is 2.22. The molecule has 0 aromatic carbocycles. The Morgan fingerprint density at radius 2 is 2.04 bits per heavy atom. The van der Waals surface area contributed by atoms with Crippen LogP contribution in [-0.2, 0) is 13.0 Å². The van der Waals surface area contributed by atoms with Gasteiger partial charge in [-0.2, -0.15) is 0 Å². The molecule has 0 fully saturated rings. The number of nitrogens with zero attached hydrogens (tertiary/aromatic N) is 2. The Balaban J connectivity index is 1.55. The van der Waals surface area contributed by atoms with Gasteiger partial charge < -0.3 is 14.2 Å². The van der Waals surface area contributed by atoms with Gasteiger partial charge in [-0.05, 0) is 24.3 Å². The van der Waals surface area contributed by atoms with Crippen molar-refractivity contribution in [3.8, 4) is 0 Å². The van der Waals surface area contributed by atoms with Gasteiger partial charge in [-0.3, -0.25) is 4.79 Å². The van der Waals surface area contributed by atoms with Crippen molar-refractivity contribution in [1.29, 1.82) is 0 Å². The van der Waals surface area contributed by atoms with Gasteiger partial charge in [0.05, 0.1) is 30.3 Å². The predicted molar refractivity (Wildman–Crippen MR) is 82.2 cm³/mol. The zero-order valence-corrected chi connectivity index (χ0v) is 12.4.